The number of nitrogens with one attached hydrogen (secondary N) is 1. The van der Waals surface area contributed by atoms with Crippen molar-refractivity contribution in [3.05, 3.63) is 18.2 Å². The summed E-state index contributed by atoms with van der Waals surface area (Å²) in [4.78, 5) is 0. The van der Waals surface area contributed by atoms with Crippen LogP contribution in [0.25, 0.3) is 0 Å². The van der Waals surface area contributed by atoms with Crippen LogP contribution in [0.1, 0.15) is 20.3 Å². The van der Waals surface area contributed by atoms with Crippen LogP contribution in [-0.4, -0.2) is 44.6 Å². The van der Waals surface area contributed by atoms with E-state index in [9.17, 15) is 5.11 Å². The second-order valence-electron chi connectivity index (χ2n) is 4.83. The molecule has 0 amide bonds. The molecule has 0 aliphatic carbocycles. The molecule has 0 saturated carbocycles. The van der Waals surface area contributed by atoms with Gasteiger partial charge in [0.1, 0.15) is 0 Å². The zero-order valence-corrected chi connectivity index (χ0v) is 12.7. The number of hydrogen-bond acceptors (Lipinski definition) is 5. The van der Waals surface area contributed by atoms with Crippen LogP contribution in [0.2, 0.25) is 0 Å². The molecule has 1 rings (SSSR count). The molecule has 1 atom stereocenters. The van der Waals surface area contributed by atoms with Gasteiger partial charge in [0.25, 0.3) is 0 Å². The molecule has 5 heteroatoms. The van der Waals surface area contributed by atoms with Gasteiger partial charge in [-0.2, -0.15) is 0 Å². The lowest BCUT2D eigenvalue weighted by atomic mass is 10.2. The molecule has 0 aromatic heterocycles. The summed E-state index contributed by atoms with van der Waals surface area (Å²) in [7, 11) is 3.19. The Balaban J connectivity index is 2.60. The zero-order valence-electron chi connectivity index (χ0n) is 12.7. The zero-order chi connectivity index (χ0) is 15.0. The maximum atomic E-state index is 9.31. The van der Waals surface area contributed by atoms with Gasteiger partial charge >= 0.3 is 0 Å². The summed E-state index contributed by atoms with van der Waals surface area (Å²) in [6, 6.07) is 5.85. The minimum atomic E-state index is 0.0238. The predicted octanol–water partition coefficient (Wildman–Crippen LogP) is 1.83. The van der Waals surface area contributed by atoms with Gasteiger partial charge in [-0.05, 0) is 18.6 Å². The highest BCUT2D eigenvalue weighted by Crippen LogP contribution is 2.36. The van der Waals surface area contributed by atoms with E-state index >= 15 is 0 Å². The van der Waals surface area contributed by atoms with E-state index in [1.807, 2.05) is 32.0 Å². The van der Waals surface area contributed by atoms with Crippen molar-refractivity contribution in [2.24, 2.45) is 0 Å². The number of ether oxygens (including phenoxy) is 3. The maximum absolute atomic E-state index is 9.31. The Hall–Kier alpha value is -1.46. The van der Waals surface area contributed by atoms with E-state index in [1.54, 1.807) is 14.2 Å². The molecule has 114 valence electrons. The summed E-state index contributed by atoms with van der Waals surface area (Å²) in [5, 5.41) is 12.6. The molecule has 1 aromatic rings. The maximum Gasteiger partial charge on any atom is 0.203 e. The summed E-state index contributed by atoms with van der Waals surface area (Å²) >= 11 is 0. The number of benzene rings is 1. The standard InChI is InChI=1S/C15H25NO4/c1-11(2)16-12(10-17)8-9-20-15-13(18-3)6-5-7-14(15)19-4/h5-7,11-12,16-17H,8-10H2,1-4H3. The Kier molecular flexibility index (Phi) is 7.18. The summed E-state index contributed by atoms with van der Waals surface area (Å²) < 4.78 is 16.3. The van der Waals surface area contributed by atoms with E-state index in [0.717, 1.165) is 0 Å². The van der Waals surface area contributed by atoms with Crippen LogP contribution in [0.5, 0.6) is 17.2 Å². The van der Waals surface area contributed by atoms with Gasteiger partial charge in [0.15, 0.2) is 11.5 Å². The largest absolute Gasteiger partial charge is 0.493 e. The number of aliphatic hydroxyl groups is 1. The highest BCUT2D eigenvalue weighted by atomic mass is 16.5. The van der Waals surface area contributed by atoms with E-state index < -0.39 is 0 Å². The second-order valence-corrected chi connectivity index (χ2v) is 4.83. The minimum absolute atomic E-state index is 0.0238. The number of rotatable bonds is 9. The van der Waals surface area contributed by atoms with Crippen molar-refractivity contribution >= 4 is 0 Å². The molecule has 0 aliphatic heterocycles. The Bertz CT molecular complexity index is 373. The summed E-state index contributed by atoms with van der Waals surface area (Å²) in [5.74, 6) is 1.88. The van der Waals surface area contributed by atoms with Crippen molar-refractivity contribution in [1.82, 2.24) is 5.32 Å². The van der Waals surface area contributed by atoms with E-state index in [2.05, 4.69) is 5.32 Å². The summed E-state index contributed by atoms with van der Waals surface area (Å²) in [5.41, 5.74) is 0. The van der Waals surface area contributed by atoms with Crippen LogP contribution in [-0.2, 0) is 0 Å². The van der Waals surface area contributed by atoms with Crippen molar-refractivity contribution in [3.63, 3.8) is 0 Å². The fraction of sp³-hybridized carbons (Fsp3) is 0.600. The number of para-hydroxylation sites is 1. The molecule has 0 spiro atoms. The molecular weight excluding hydrogens is 258 g/mol. The molecule has 5 nitrogen and oxygen atoms in total. The topological polar surface area (TPSA) is 60.0 Å². The van der Waals surface area contributed by atoms with Crippen molar-refractivity contribution in [2.45, 2.75) is 32.4 Å². The first-order valence-corrected chi connectivity index (χ1v) is 6.83. The van der Waals surface area contributed by atoms with Gasteiger partial charge in [0.2, 0.25) is 5.75 Å². The van der Waals surface area contributed by atoms with Crippen LogP contribution < -0.4 is 19.5 Å². The molecule has 20 heavy (non-hydrogen) atoms. The first-order chi connectivity index (χ1) is 9.62. The molecule has 0 aliphatic rings. The Labute approximate surface area is 120 Å². The monoisotopic (exact) mass is 283 g/mol. The highest BCUT2D eigenvalue weighted by molar-refractivity contribution is 5.51. The average Bonchev–Trinajstić information content (AvgIpc) is 2.45. The normalized spacial score (nSPS) is 12.3. The van der Waals surface area contributed by atoms with Gasteiger partial charge in [-0.3, -0.25) is 0 Å². The summed E-state index contributed by atoms with van der Waals surface area (Å²) in [6.07, 6.45) is 0.704. The Morgan fingerprint density at radius 3 is 2.20 bits per heavy atom. The Morgan fingerprint density at radius 2 is 1.75 bits per heavy atom. The first-order valence-electron chi connectivity index (χ1n) is 6.83. The van der Waals surface area contributed by atoms with Crippen molar-refractivity contribution < 1.29 is 19.3 Å². The fourth-order valence-electron chi connectivity index (χ4n) is 1.96. The number of methoxy groups -OCH3 is 2. The smallest absolute Gasteiger partial charge is 0.203 e. The summed E-state index contributed by atoms with van der Waals surface area (Å²) in [6.45, 7) is 4.66. The number of hydrogen-bond donors (Lipinski definition) is 2. The van der Waals surface area contributed by atoms with E-state index in [0.29, 0.717) is 36.3 Å². The minimum Gasteiger partial charge on any atom is -0.493 e. The van der Waals surface area contributed by atoms with Crippen LogP contribution >= 0.6 is 0 Å². The predicted molar refractivity (Wildman–Crippen MR) is 78.8 cm³/mol. The molecule has 2 N–H and O–H groups in total. The second kappa shape index (κ2) is 8.66. The first kappa shape index (κ1) is 16.6. The van der Waals surface area contributed by atoms with Gasteiger partial charge in [0.05, 0.1) is 27.4 Å². The van der Waals surface area contributed by atoms with E-state index in [1.165, 1.54) is 0 Å². The van der Waals surface area contributed by atoms with Crippen molar-refractivity contribution in [1.29, 1.82) is 0 Å². The van der Waals surface area contributed by atoms with Gasteiger partial charge in [-0.1, -0.05) is 19.9 Å². The van der Waals surface area contributed by atoms with Gasteiger partial charge in [0, 0.05) is 12.1 Å². The molecule has 1 aromatic carbocycles. The van der Waals surface area contributed by atoms with Gasteiger partial charge < -0.3 is 24.6 Å². The lowest BCUT2D eigenvalue weighted by Gasteiger charge is -2.20. The molecule has 0 heterocycles. The third kappa shape index (κ3) is 4.90. The average molecular weight is 283 g/mol. The molecule has 0 saturated heterocycles. The van der Waals surface area contributed by atoms with Gasteiger partial charge in [-0.15, -0.1) is 0 Å². The molecule has 0 radical (unpaired) electrons. The molecule has 1 unspecified atom stereocenters. The lowest BCUT2D eigenvalue weighted by molar-refractivity contribution is 0.197. The SMILES string of the molecule is COc1cccc(OC)c1OCCC(CO)NC(C)C. The van der Waals surface area contributed by atoms with Crippen LogP contribution in [0.15, 0.2) is 18.2 Å². The molecular formula is C15H25NO4. The van der Waals surface area contributed by atoms with Crippen LogP contribution in [0.3, 0.4) is 0 Å². The number of aliphatic hydroxyl groups excluding tert-OH is 1. The fourth-order valence-corrected chi connectivity index (χ4v) is 1.96. The quantitative estimate of drug-likeness (QED) is 0.724. The molecule has 0 fully saturated rings. The van der Waals surface area contributed by atoms with E-state index in [4.69, 9.17) is 14.2 Å². The third-order valence-corrected chi connectivity index (χ3v) is 2.88. The van der Waals surface area contributed by atoms with Crippen LogP contribution in [0.4, 0.5) is 0 Å². The van der Waals surface area contributed by atoms with Crippen LogP contribution in [0, 0.1) is 0 Å². The Morgan fingerprint density at radius 1 is 1.15 bits per heavy atom. The van der Waals surface area contributed by atoms with Gasteiger partial charge in [-0.25, -0.2) is 0 Å². The van der Waals surface area contributed by atoms with Crippen molar-refractivity contribution in [2.75, 3.05) is 27.4 Å². The highest BCUT2D eigenvalue weighted by Gasteiger charge is 2.13. The third-order valence-electron chi connectivity index (χ3n) is 2.88. The molecule has 0 bridgehead atoms. The van der Waals surface area contributed by atoms with E-state index in [-0.39, 0.29) is 12.6 Å². The lowest BCUT2D eigenvalue weighted by Crippen LogP contribution is -2.38. The van der Waals surface area contributed by atoms with Crippen molar-refractivity contribution in [3.8, 4) is 17.2 Å².